The van der Waals surface area contributed by atoms with E-state index < -0.39 is 6.10 Å². The van der Waals surface area contributed by atoms with Crippen molar-refractivity contribution in [2.45, 2.75) is 26.9 Å². The van der Waals surface area contributed by atoms with E-state index in [0.717, 1.165) is 16.9 Å². The Labute approximate surface area is 90.9 Å². The fourth-order valence-electron chi connectivity index (χ4n) is 1.28. The summed E-state index contributed by atoms with van der Waals surface area (Å²) in [4.78, 5) is 0. The first-order valence-corrected chi connectivity index (χ1v) is 4.96. The van der Waals surface area contributed by atoms with E-state index in [0.29, 0.717) is 6.61 Å². The van der Waals surface area contributed by atoms with E-state index in [1.807, 2.05) is 25.1 Å². The SMILES string of the molecule is CC#CCOc1ccc(C(C)O)cc1C. The van der Waals surface area contributed by atoms with Crippen molar-refractivity contribution in [1.29, 1.82) is 0 Å². The van der Waals surface area contributed by atoms with Crippen LogP contribution in [0, 0.1) is 18.8 Å². The molecule has 0 spiro atoms. The Hall–Kier alpha value is -1.46. The van der Waals surface area contributed by atoms with E-state index in [1.54, 1.807) is 13.8 Å². The first kappa shape index (κ1) is 11.6. The smallest absolute Gasteiger partial charge is 0.149 e. The molecule has 0 fully saturated rings. The number of benzene rings is 1. The van der Waals surface area contributed by atoms with Gasteiger partial charge in [-0.05, 0) is 44.0 Å². The molecule has 0 radical (unpaired) electrons. The number of aryl methyl sites for hydroxylation is 1. The van der Waals surface area contributed by atoms with Crippen LogP contribution in [0.2, 0.25) is 0 Å². The summed E-state index contributed by atoms with van der Waals surface area (Å²) in [6.45, 7) is 5.90. The van der Waals surface area contributed by atoms with Crippen molar-refractivity contribution in [1.82, 2.24) is 0 Å². The van der Waals surface area contributed by atoms with Crippen molar-refractivity contribution >= 4 is 0 Å². The van der Waals surface area contributed by atoms with Crippen LogP contribution >= 0.6 is 0 Å². The topological polar surface area (TPSA) is 29.5 Å². The van der Waals surface area contributed by atoms with Gasteiger partial charge in [0.2, 0.25) is 0 Å². The molecule has 1 rings (SSSR count). The van der Waals surface area contributed by atoms with Crippen molar-refractivity contribution in [2.75, 3.05) is 6.61 Å². The molecule has 1 unspecified atom stereocenters. The fraction of sp³-hybridized carbons (Fsp3) is 0.385. The summed E-state index contributed by atoms with van der Waals surface area (Å²) in [6.07, 6.45) is -0.437. The second-order valence-electron chi connectivity index (χ2n) is 3.42. The molecule has 1 aromatic carbocycles. The maximum Gasteiger partial charge on any atom is 0.149 e. The van der Waals surface area contributed by atoms with Gasteiger partial charge in [-0.3, -0.25) is 0 Å². The van der Waals surface area contributed by atoms with Gasteiger partial charge in [0, 0.05) is 0 Å². The third kappa shape index (κ3) is 3.30. The molecule has 0 aliphatic heterocycles. The predicted octanol–water partition coefficient (Wildman–Crippen LogP) is 2.45. The molecule has 0 amide bonds. The molecule has 0 saturated heterocycles. The van der Waals surface area contributed by atoms with Crippen LogP contribution in [0.3, 0.4) is 0 Å². The highest BCUT2D eigenvalue weighted by Gasteiger charge is 2.04. The van der Waals surface area contributed by atoms with Gasteiger partial charge in [0.15, 0.2) is 0 Å². The Balaban J connectivity index is 2.77. The molecule has 2 nitrogen and oxygen atoms in total. The standard InChI is InChI=1S/C13H16O2/c1-4-5-8-15-13-7-6-12(11(3)14)9-10(13)2/h6-7,9,11,14H,8H2,1-3H3. The van der Waals surface area contributed by atoms with Crippen LogP contribution in [0.5, 0.6) is 5.75 Å². The number of aliphatic hydroxyl groups is 1. The highest BCUT2D eigenvalue weighted by Crippen LogP contribution is 2.22. The van der Waals surface area contributed by atoms with E-state index in [1.165, 1.54) is 0 Å². The van der Waals surface area contributed by atoms with E-state index >= 15 is 0 Å². The van der Waals surface area contributed by atoms with Crippen LogP contribution < -0.4 is 4.74 Å². The van der Waals surface area contributed by atoms with Crippen molar-refractivity contribution in [2.24, 2.45) is 0 Å². The monoisotopic (exact) mass is 204 g/mol. The Morgan fingerprint density at radius 2 is 2.20 bits per heavy atom. The zero-order chi connectivity index (χ0) is 11.3. The van der Waals surface area contributed by atoms with Gasteiger partial charge in [0.1, 0.15) is 12.4 Å². The minimum Gasteiger partial charge on any atom is -0.481 e. The number of aliphatic hydroxyl groups excluding tert-OH is 1. The number of hydrogen-bond acceptors (Lipinski definition) is 2. The molecule has 2 heteroatoms. The van der Waals surface area contributed by atoms with Crippen molar-refractivity contribution in [3.63, 3.8) is 0 Å². The van der Waals surface area contributed by atoms with Crippen LogP contribution in [-0.4, -0.2) is 11.7 Å². The van der Waals surface area contributed by atoms with Crippen LogP contribution in [0.1, 0.15) is 31.1 Å². The molecule has 0 aliphatic carbocycles. The molecule has 0 aliphatic rings. The zero-order valence-corrected chi connectivity index (χ0v) is 9.37. The maximum atomic E-state index is 9.39. The van der Waals surface area contributed by atoms with Gasteiger partial charge in [0.25, 0.3) is 0 Å². The minimum atomic E-state index is -0.437. The summed E-state index contributed by atoms with van der Waals surface area (Å²) in [5.74, 6) is 6.43. The normalized spacial score (nSPS) is 11.5. The molecule has 1 atom stereocenters. The second kappa shape index (κ2) is 5.43. The Morgan fingerprint density at radius 3 is 2.73 bits per heavy atom. The van der Waals surface area contributed by atoms with Gasteiger partial charge < -0.3 is 9.84 Å². The average Bonchev–Trinajstić information content (AvgIpc) is 2.20. The molecule has 0 heterocycles. The number of rotatable bonds is 3. The highest BCUT2D eigenvalue weighted by atomic mass is 16.5. The lowest BCUT2D eigenvalue weighted by atomic mass is 10.1. The largest absolute Gasteiger partial charge is 0.481 e. The number of ether oxygens (including phenoxy) is 1. The molecule has 1 N–H and O–H groups in total. The van der Waals surface area contributed by atoms with Gasteiger partial charge >= 0.3 is 0 Å². The molecule has 1 aromatic rings. The molecule has 15 heavy (non-hydrogen) atoms. The molecular formula is C13H16O2. The second-order valence-corrected chi connectivity index (χ2v) is 3.42. The lowest BCUT2D eigenvalue weighted by Crippen LogP contribution is -1.98. The first-order valence-electron chi connectivity index (χ1n) is 4.96. The third-order valence-electron chi connectivity index (χ3n) is 2.16. The zero-order valence-electron chi connectivity index (χ0n) is 9.37. The van der Waals surface area contributed by atoms with E-state index in [4.69, 9.17) is 4.74 Å². The predicted molar refractivity (Wildman–Crippen MR) is 60.8 cm³/mol. The number of hydrogen-bond donors (Lipinski definition) is 1. The van der Waals surface area contributed by atoms with Gasteiger partial charge in [-0.25, -0.2) is 0 Å². The summed E-state index contributed by atoms with van der Waals surface area (Å²) in [6, 6.07) is 5.67. The van der Waals surface area contributed by atoms with Gasteiger partial charge in [0.05, 0.1) is 6.10 Å². The van der Waals surface area contributed by atoms with Gasteiger partial charge in [-0.15, -0.1) is 5.92 Å². The van der Waals surface area contributed by atoms with Crippen molar-refractivity contribution in [3.8, 4) is 17.6 Å². The van der Waals surface area contributed by atoms with Crippen LogP contribution in [0.4, 0.5) is 0 Å². The van der Waals surface area contributed by atoms with E-state index in [-0.39, 0.29) is 0 Å². The molecular weight excluding hydrogens is 188 g/mol. The molecule has 0 bridgehead atoms. The molecule has 0 aromatic heterocycles. The molecule has 80 valence electrons. The fourth-order valence-corrected chi connectivity index (χ4v) is 1.28. The van der Waals surface area contributed by atoms with Crippen LogP contribution in [-0.2, 0) is 0 Å². The van der Waals surface area contributed by atoms with E-state index in [9.17, 15) is 5.11 Å². The summed E-state index contributed by atoms with van der Waals surface area (Å²) in [5.41, 5.74) is 1.92. The minimum absolute atomic E-state index is 0.408. The third-order valence-corrected chi connectivity index (χ3v) is 2.16. The average molecular weight is 204 g/mol. The Morgan fingerprint density at radius 1 is 1.47 bits per heavy atom. The lowest BCUT2D eigenvalue weighted by molar-refractivity contribution is 0.199. The van der Waals surface area contributed by atoms with Gasteiger partial charge in [-0.2, -0.15) is 0 Å². The Kier molecular flexibility index (Phi) is 4.20. The van der Waals surface area contributed by atoms with Crippen LogP contribution in [0.25, 0.3) is 0 Å². The summed E-state index contributed by atoms with van der Waals surface area (Å²) >= 11 is 0. The van der Waals surface area contributed by atoms with E-state index in [2.05, 4.69) is 11.8 Å². The van der Waals surface area contributed by atoms with Gasteiger partial charge in [-0.1, -0.05) is 12.0 Å². The quantitative estimate of drug-likeness (QED) is 0.766. The van der Waals surface area contributed by atoms with Crippen molar-refractivity contribution in [3.05, 3.63) is 29.3 Å². The summed E-state index contributed by atoms with van der Waals surface area (Å²) < 4.78 is 5.46. The summed E-state index contributed by atoms with van der Waals surface area (Å²) in [5, 5.41) is 9.39. The first-order chi connectivity index (χ1) is 7.15. The highest BCUT2D eigenvalue weighted by molar-refractivity contribution is 5.37. The van der Waals surface area contributed by atoms with Crippen molar-refractivity contribution < 1.29 is 9.84 Å². The Bertz CT molecular complexity index is 383. The maximum absolute atomic E-state index is 9.39. The van der Waals surface area contributed by atoms with Crippen LogP contribution in [0.15, 0.2) is 18.2 Å². The lowest BCUT2D eigenvalue weighted by Gasteiger charge is -2.10. The summed E-state index contributed by atoms with van der Waals surface area (Å²) in [7, 11) is 0. The molecule has 0 saturated carbocycles.